The van der Waals surface area contributed by atoms with Crippen LogP contribution in [0.3, 0.4) is 0 Å². The van der Waals surface area contributed by atoms with E-state index in [-0.39, 0.29) is 17.7 Å². The van der Waals surface area contributed by atoms with Gasteiger partial charge in [0.25, 0.3) is 0 Å². The number of carbonyl (C=O) groups excluding carboxylic acids is 1. The van der Waals surface area contributed by atoms with E-state index in [2.05, 4.69) is 10.6 Å². The van der Waals surface area contributed by atoms with Gasteiger partial charge in [-0.25, -0.2) is 0 Å². The first-order valence-corrected chi connectivity index (χ1v) is 5.74. The number of nitrogens with zero attached hydrogens (tertiary/aromatic N) is 1. The van der Waals surface area contributed by atoms with Crippen LogP contribution >= 0.6 is 0 Å². The lowest BCUT2D eigenvalue weighted by molar-refractivity contribution is -0.122. The molecule has 3 N–H and O–H groups in total. The van der Waals surface area contributed by atoms with Crippen LogP contribution in [0, 0.1) is 0 Å². The van der Waals surface area contributed by atoms with E-state index >= 15 is 0 Å². The predicted octanol–water partition coefficient (Wildman–Crippen LogP) is -0.124. The molecule has 1 aromatic heterocycles. The third-order valence-electron chi connectivity index (χ3n) is 2.86. The van der Waals surface area contributed by atoms with Crippen LogP contribution in [0.1, 0.15) is 25.6 Å². The first-order chi connectivity index (χ1) is 8.38. The average Bonchev–Trinajstić information content (AvgIpc) is 2.33. The molecule has 0 aliphatic rings. The fourth-order valence-corrected chi connectivity index (χ4v) is 1.89. The Hall–Kier alpha value is -1.82. The molecule has 0 aliphatic heterocycles. The number of rotatable bonds is 4. The molecule has 0 saturated heterocycles. The van der Waals surface area contributed by atoms with Crippen molar-refractivity contribution in [3.63, 3.8) is 0 Å². The van der Waals surface area contributed by atoms with Crippen molar-refractivity contribution in [2.45, 2.75) is 25.9 Å². The van der Waals surface area contributed by atoms with Crippen LogP contribution in [-0.2, 0) is 11.8 Å². The van der Waals surface area contributed by atoms with Gasteiger partial charge in [-0.15, -0.1) is 0 Å². The molecular weight excluding hydrogens is 234 g/mol. The maximum absolute atomic E-state index is 11.4. The summed E-state index contributed by atoms with van der Waals surface area (Å²) in [7, 11) is 3.29. The number of aryl methyl sites for hydroxylation is 1. The Bertz CT molecular complexity index is 496. The van der Waals surface area contributed by atoms with E-state index in [1.54, 1.807) is 38.7 Å². The van der Waals surface area contributed by atoms with Gasteiger partial charge in [-0.3, -0.25) is 14.9 Å². The minimum Gasteiger partial charge on any atom is -0.503 e. The largest absolute Gasteiger partial charge is 0.503 e. The van der Waals surface area contributed by atoms with Gasteiger partial charge in [0.1, 0.15) is 0 Å². The van der Waals surface area contributed by atoms with Gasteiger partial charge in [0, 0.05) is 32.4 Å². The van der Waals surface area contributed by atoms with Crippen LogP contribution in [0.4, 0.5) is 0 Å². The monoisotopic (exact) mass is 253 g/mol. The quantitative estimate of drug-likeness (QED) is 0.698. The first kappa shape index (κ1) is 14.2. The standard InChI is InChI=1S/C12H19N3O3/c1-7(14-8(2)12(18)13-3)10-11(17)9(16)5-6-15(10)4/h5-8,14,17H,1-4H3,(H,13,18)/t7?,8-/m1/s1. The Morgan fingerprint density at radius 2 is 2.06 bits per heavy atom. The van der Waals surface area contributed by atoms with Crippen molar-refractivity contribution in [2.24, 2.45) is 7.05 Å². The smallest absolute Gasteiger partial charge is 0.236 e. The lowest BCUT2D eigenvalue weighted by atomic mass is 10.1. The lowest BCUT2D eigenvalue weighted by Crippen LogP contribution is -2.42. The van der Waals surface area contributed by atoms with Crippen molar-refractivity contribution in [3.05, 3.63) is 28.2 Å². The molecule has 1 aromatic rings. The summed E-state index contributed by atoms with van der Waals surface area (Å²) in [5.74, 6) is -0.439. The van der Waals surface area contributed by atoms with Gasteiger partial charge in [0.05, 0.1) is 11.7 Å². The molecule has 1 unspecified atom stereocenters. The Labute approximate surface area is 106 Å². The van der Waals surface area contributed by atoms with Crippen LogP contribution in [0.15, 0.2) is 17.1 Å². The predicted molar refractivity (Wildman–Crippen MR) is 68.4 cm³/mol. The summed E-state index contributed by atoms with van der Waals surface area (Å²) in [5.41, 5.74) is 0.0302. The molecule has 6 nitrogen and oxygen atoms in total. The van der Waals surface area contributed by atoms with E-state index in [4.69, 9.17) is 0 Å². The van der Waals surface area contributed by atoms with E-state index in [0.717, 1.165) is 0 Å². The molecule has 0 aromatic carbocycles. The molecule has 0 saturated carbocycles. The summed E-state index contributed by atoms with van der Waals surface area (Å²) in [6.45, 7) is 3.50. The average molecular weight is 253 g/mol. The molecule has 1 heterocycles. The Morgan fingerprint density at radius 3 is 2.61 bits per heavy atom. The first-order valence-electron chi connectivity index (χ1n) is 5.74. The molecular formula is C12H19N3O3. The summed E-state index contributed by atoms with van der Waals surface area (Å²) in [5, 5.41) is 15.3. The second kappa shape index (κ2) is 5.68. The maximum Gasteiger partial charge on any atom is 0.236 e. The fraction of sp³-hybridized carbons (Fsp3) is 0.500. The summed E-state index contributed by atoms with van der Waals surface area (Å²) in [6, 6.07) is 0.559. The number of carbonyl (C=O) groups is 1. The SMILES string of the molecule is CNC(=O)[C@@H](C)NC(C)c1c(O)c(=O)ccn1C. The van der Waals surface area contributed by atoms with E-state index in [1.807, 2.05) is 0 Å². The highest BCUT2D eigenvalue weighted by molar-refractivity contribution is 5.80. The summed E-state index contributed by atoms with van der Waals surface area (Å²) in [4.78, 5) is 22.8. The Balaban J connectivity index is 2.98. The minimum atomic E-state index is -0.427. The van der Waals surface area contributed by atoms with Crippen LogP contribution in [0.2, 0.25) is 0 Å². The zero-order valence-electron chi connectivity index (χ0n) is 11.0. The van der Waals surface area contributed by atoms with E-state index < -0.39 is 11.5 Å². The number of nitrogens with one attached hydrogen (secondary N) is 2. The fourth-order valence-electron chi connectivity index (χ4n) is 1.89. The van der Waals surface area contributed by atoms with Gasteiger partial charge in [0.15, 0.2) is 5.75 Å². The molecule has 1 amide bonds. The van der Waals surface area contributed by atoms with Gasteiger partial charge in [-0.1, -0.05) is 0 Å². The molecule has 2 atom stereocenters. The van der Waals surface area contributed by atoms with Crippen LogP contribution in [0.25, 0.3) is 0 Å². The van der Waals surface area contributed by atoms with Crippen LogP contribution in [-0.4, -0.2) is 28.7 Å². The number of aromatic nitrogens is 1. The van der Waals surface area contributed by atoms with Crippen molar-refractivity contribution in [1.29, 1.82) is 0 Å². The third-order valence-corrected chi connectivity index (χ3v) is 2.86. The van der Waals surface area contributed by atoms with Gasteiger partial charge in [-0.05, 0) is 13.8 Å². The molecule has 0 bridgehead atoms. The Kier molecular flexibility index (Phi) is 4.49. The normalized spacial score (nSPS) is 14.0. The van der Waals surface area contributed by atoms with Crippen molar-refractivity contribution in [2.75, 3.05) is 7.05 Å². The van der Waals surface area contributed by atoms with Gasteiger partial charge in [-0.2, -0.15) is 0 Å². The molecule has 6 heteroatoms. The second-order valence-electron chi connectivity index (χ2n) is 4.25. The number of hydrogen-bond donors (Lipinski definition) is 3. The third kappa shape index (κ3) is 2.89. The number of amides is 1. The van der Waals surface area contributed by atoms with Crippen LogP contribution in [0.5, 0.6) is 5.75 Å². The maximum atomic E-state index is 11.4. The number of pyridine rings is 1. The summed E-state index contributed by atoms with van der Waals surface area (Å²) < 4.78 is 1.66. The lowest BCUT2D eigenvalue weighted by Gasteiger charge is -2.21. The summed E-state index contributed by atoms with van der Waals surface area (Å²) >= 11 is 0. The second-order valence-corrected chi connectivity index (χ2v) is 4.25. The van der Waals surface area contributed by atoms with Crippen molar-refractivity contribution >= 4 is 5.91 Å². The van der Waals surface area contributed by atoms with E-state index in [9.17, 15) is 14.7 Å². The van der Waals surface area contributed by atoms with E-state index in [1.165, 1.54) is 6.07 Å². The number of likely N-dealkylation sites (N-methyl/N-ethyl adjacent to an activating group) is 1. The molecule has 1 rings (SSSR count). The summed E-state index contributed by atoms with van der Waals surface area (Å²) in [6.07, 6.45) is 1.58. The van der Waals surface area contributed by atoms with Crippen LogP contribution < -0.4 is 16.1 Å². The number of hydrogen-bond acceptors (Lipinski definition) is 4. The van der Waals surface area contributed by atoms with Crippen molar-refractivity contribution in [1.82, 2.24) is 15.2 Å². The minimum absolute atomic E-state index is 0.151. The van der Waals surface area contributed by atoms with Crippen molar-refractivity contribution < 1.29 is 9.90 Å². The molecule has 0 fully saturated rings. The Morgan fingerprint density at radius 1 is 1.44 bits per heavy atom. The molecule has 0 aliphatic carbocycles. The molecule has 0 radical (unpaired) electrons. The van der Waals surface area contributed by atoms with Crippen molar-refractivity contribution in [3.8, 4) is 5.75 Å². The molecule has 18 heavy (non-hydrogen) atoms. The molecule has 0 spiro atoms. The van der Waals surface area contributed by atoms with Gasteiger partial charge >= 0.3 is 0 Å². The highest BCUT2D eigenvalue weighted by Gasteiger charge is 2.19. The topological polar surface area (TPSA) is 83.4 Å². The van der Waals surface area contributed by atoms with E-state index in [0.29, 0.717) is 5.69 Å². The highest BCUT2D eigenvalue weighted by Crippen LogP contribution is 2.19. The molecule has 100 valence electrons. The van der Waals surface area contributed by atoms with Gasteiger partial charge < -0.3 is 15.0 Å². The highest BCUT2D eigenvalue weighted by atomic mass is 16.3. The number of aromatic hydroxyl groups is 1. The zero-order valence-corrected chi connectivity index (χ0v) is 11.0. The van der Waals surface area contributed by atoms with Gasteiger partial charge in [0.2, 0.25) is 11.3 Å². The zero-order chi connectivity index (χ0) is 13.9.